The van der Waals surface area contributed by atoms with Gasteiger partial charge in [0.15, 0.2) is 0 Å². The Balaban J connectivity index is 1.56. The zero-order chi connectivity index (χ0) is 15.2. The highest BCUT2D eigenvalue weighted by atomic mass is 16.5. The molecule has 0 N–H and O–H groups in total. The predicted octanol–water partition coefficient (Wildman–Crippen LogP) is 1.95. The first-order valence-corrected chi connectivity index (χ1v) is 7.54. The largest absolute Gasteiger partial charge is 0.375 e. The number of morpholine rings is 1. The molecule has 1 unspecified atom stereocenters. The quantitative estimate of drug-likeness (QED) is 0.865. The minimum atomic E-state index is -0.0684. The average molecular weight is 297 g/mol. The van der Waals surface area contributed by atoms with E-state index in [0.717, 1.165) is 12.8 Å². The molecule has 1 atom stereocenters. The van der Waals surface area contributed by atoms with Gasteiger partial charge >= 0.3 is 0 Å². The Morgan fingerprint density at radius 2 is 2.14 bits per heavy atom. The Morgan fingerprint density at radius 1 is 1.27 bits per heavy atom. The molecule has 1 fully saturated rings. The molecule has 5 heteroatoms. The Kier molecular flexibility index (Phi) is 4.75. The second-order valence-corrected chi connectivity index (χ2v) is 5.36. The van der Waals surface area contributed by atoms with Gasteiger partial charge in [0.25, 0.3) is 5.91 Å². The van der Waals surface area contributed by atoms with Gasteiger partial charge in [0.05, 0.1) is 18.9 Å². The van der Waals surface area contributed by atoms with Gasteiger partial charge in [0, 0.05) is 25.5 Å². The number of carbonyl (C=O) groups excluding carboxylic acids is 1. The monoisotopic (exact) mass is 297 g/mol. The van der Waals surface area contributed by atoms with Crippen LogP contribution in [0.2, 0.25) is 0 Å². The first-order valence-electron chi connectivity index (χ1n) is 7.54. The van der Waals surface area contributed by atoms with Crippen molar-refractivity contribution in [3.05, 3.63) is 60.2 Å². The van der Waals surface area contributed by atoms with Crippen LogP contribution in [0.4, 0.5) is 0 Å². The van der Waals surface area contributed by atoms with E-state index in [-0.39, 0.29) is 12.0 Å². The molecule has 1 saturated heterocycles. The predicted molar refractivity (Wildman–Crippen MR) is 82.4 cm³/mol. The van der Waals surface area contributed by atoms with Gasteiger partial charge < -0.3 is 9.64 Å². The minimum Gasteiger partial charge on any atom is -0.375 e. The maximum Gasteiger partial charge on any atom is 0.274 e. The van der Waals surface area contributed by atoms with Crippen LogP contribution in [-0.4, -0.2) is 46.6 Å². The SMILES string of the molecule is O=C(c1cnccn1)N1CCOC(CCc2ccccc2)C1. The van der Waals surface area contributed by atoms with Crippen LogP contribution in [-0.2, 0) is 11.2 Å². The van der Waals surface area contributed by atoms with E-state index < -0.39 is 0 Å². The molecule has 0 saturated carbocycles. The van der Waals surface area contributed by atoms with Crippen LogP contribution in [0.3, 0.4) is 0 Å². The zero-order valence-corrected chi connectivity index (χ0v) is 12.4. The molecule has 22 heavy (non-hydrogen) atoms. The van der Waals surface area contributed by atoms with Crippen LogP contribution < -0.4 is 0 Å². The molecule has 5 nitrogen and oxygen atoms in total. The summed E-state index contributed by atoms with van der Waals surface area (Å²) >= 11 is 0. The number of aryl methyl sites for hydroxylation is 1. The molecule has 0 radical (unpaired) electrons. The second kappa shape index (κ2) is 7.13. The maximum atomic E-state index is 12.4. The second-order valence-electron chi connectivity index (χ2n) is 5.36. The number of benzene rings is 1. The molecule has 2 heterocycles. The van der Waals surface area contributed by atoms with Gasteiger partial charge in [-0.3, -0.25) is 9.78 Å². The number of aromatic nitrogens is 2. The van der Waals surface area contributed by atoms with Gasteiger partial charge in [-0.1, -0.05) is 30.3 Å². The highest BCUT2D eigenvalue weighted by Crippen LogP contribution is 2.14. The first-order chi connectivity index (χ1) is 10.8. The standard InChI is InChI=1S/C17H19N3O2/c21-17(16-12-18-8-9-19-16)20-10-11-22-15(13-20)7-6-14-4-2-1-3-5-14/h1-5,8-9,12,15H,6-7,10-11,13H2. The average Bonchev–Trinajstić information content (AvgIpc) is 2.61. The fourth-order valence-corrected chi connectivity index (χ4v) is 2.62. The van der Waals surface area contributed by atoms with E-state index >= 15 is 0 Å². The molecule has 1 amide bonds. The molecule has 3 rings (SSSR count). The summed E-state index contributed by atoms with van der Waals surface area (Å²) in [5.74, 6) is -0.0684. The highest BCUT2D eigenvalue weighted by Gasteiger charge is 2.25. The van der Waals surface area contributed by atoms with Crippen LogP contribution in [0, 0.1) is 0 Å². The molecule has 1 aliphatic rings. The minimum absolute atomic E-state index is 0.0684. The summed E-state index contributed by atoms with van der Waals surface area (Å²) in [5, 5.41) is 0. The molecule has 1 aromatic heterocycles. The van der Waals surface area contributed by atoms with E-state index in [4.69, 9.17) is 4.74 Å². The van der Waals surface area contributed by atoms with Gasteiger partial charge in [0.2, 0.25) is 0 Å². The third-order valence-electron chi connectivity index (χ3n) is 3.81. The third-order valence-corrected chi connectivity index (χ3v) is 3.81. The van der Waals surface area contributed by atoms with Gasteiger partial charge in [-0.15, -0.1) is 0 Å². The van der Waals surface area contributed by atoms with Crippen molar-refractivity contribution in [2.24, 2.45) is 0 Å². The van der Waals surface area contributed by atoms with E-state index in [0.29, 0.717) is 25.4 Å². The third kappa shape index (κ3) is 3.68. The summed E-state index contributed by atoms with van der Waals surface area (Å²) in [5.41, 5.74) is 1.69. The number of amides is 1. The molecule has 1 aliphatic heterocycles. The van der Waals surface area contributed by atoms with Gasteiger partial charge in [-0.2, -0.15) is 0 Å². The van der Waals surface area contributed by atoms with E-state index in [9.17, 15) is 4.79 Å². The molecule has 114 valence electrons. The lowest BCUT2D eigenvalue weighted by molar-refractivity contribution is -0.0248. The normalized spacial score (nSPS) is 18.2. The molecule has 0 aliphatic carbocycles. The number of hydrogen-bond acceptors (Lipinski definition) is 4. The van der Waals surface area contributed by atoms with Crippen molar-refractivity contribution in [1.29, 1.82) is 0 Å². The van der Waals surface area contributed by atoms with Crippen molar-refractivity contribution in [2.45, 2.75) is 18.9 Å². The lowest BCUT2D eigenvalue weighted by Crippen LogP contribution is -2.46. The Labute approximate surface area is 130 Å². The van der Waals surface area contributed by atoms with Crippen molar-refractivity contribution >= 4 is 5.91 Å². The van der Waals surface area contributed by atoms with Gasteiger partial charge in [0.1, 0.15) is 5.69 Å². The summed E-state index contributed by atoms with van der Waals surface area (Å²) in [6, 6.07) is 10.3. The topological polar surface area (TPSA) is 55.3 Å². The van der Waals surface area contributed by atoms with E-state index in [1.807, 2.05) is 23.1 Å². The fraction of sp³-hybridized carbons (Fsp3) is 0.353. The van der Waals surface area contributed by atoms with Crippen LogP contribution in [0.15, 0.2) is 48.9 Å². The van der Waals surface area contributed by atoms with Crippen molar-refractivity contribution in [3.63, 3.8) is 0 Å². The summed E-state index contributed by atoms with van der Waals surface area (Å²) < 4.78 is 5.79. The molecular weight excluding hydrogens is 278 g/mol. The Morgan fingerprint density at radius 3 is 2.91 bits per heavy atom. The number of carbonyl (C=O) groups is 1. The van der Waals surface area contributed by atoms with Crippen LogP contribution >= 0.6 is 0 Å². The van der Waals surface area contributed by atoms with Crippen LogP contribution in [0.25, 0.3) is 0 Å². The smallest absolute Gasteiger partial charge is 0.274 e. The fourth-order valence-electron chi connectivity index (χ4n) is 2.62. The lowest BCUT2D eigenvalue weighted by Gasteiger charge is -2.32. The Hall–Kier alpha value is -2.27. The van der Waals surface area contributed by atoms with Crippen LogP contribution in [0.1, 0.15) is 22.5 Å². The summed E-state index contributed by atoms with van der Waals surface area (Å²) in [4.78, 5) is 22.2. The summed E-state index contributed by atoms with van der Waals surface area (Å²) in [7, 11) is 0. The first kappa shape index (κ1) is 14.7. The summed E-state index contributed by atoms with van der Waals surface area (Å²) in [6.07, 6.45) is 6.57. The van der Waals surface area contributed by atoms with Gasteiger partial charge in [-0.25, -0.2) is 4.98 Å². The molecule has 2 aromatic rings. The molecule has 0 spiro atoms. The lowest BCUT2D eigenvalue weighted by atomic mass is 10.1. The summed E-state index contributed by atoms with van der Waals surface area (Å²) in [6.45, 7) is 1.80. The van der Waals surface area contributed by atoms with E-state index in [1.165, 1.54) is 11.8 Å². The van der Waals surface area contributed by atoms with Crippen molar-refractivity contribution in [1.82, 2.24) is 14.9 Å². The van der Waals surface area contributed by atoms with Crippen LogP contribution in [0.5, 0.6) is 0 Å². The van der Waals surface area contributed by atoms with Crippen molar-refractivity contribution in [3.8, 4) is 0 Å². The molecule has 0 bridgehead atoms. The molecule has 1 aromatic carbocycles. The van der Waals surface area contributed by atoms with Crippen molar-refractivity contribution in [2.75, 3.05) is 19.7 Å². The zero-order valence-electron chi connectivity index (χ0n) is 12.4. The number of rotatable bonds is 4. The number of nitrogens with zero attached hydrogens (tertiary/aromatic N) is 3. The number of ether oxygens (including phenoxy) is 1. The van der Waals surface area contributed by atoms with Crippen molar-refractivity contribution < 1.29 is 9.53 Å². The van der Waals surface area contributed by atoms with E-state index in [1.54, 1.807) is 12.4 Å². The Bertz CT molecular complexity index is 604. The highest BCUT2D eigenvalue weighted by molar-refractivity contribution is 5.92. The maximum absolute atomic E-state index is 12.4. The van der Waals surface area contributed by atoms with E-state index in [2.05, 4.69) is 22.1 Å². The van der Waals surface area contributed by atoms with Gasteiger partial charge in [-0.05, 0) is 18.4 Å². The molecular formula is C17H19N3O2. The number of hydrogen-bond donors (Lipinski definition) is 0.